The molecule has 0 aromatic carbocycles. The minimum absolute atomic E-state index is 0.0561. The van der Waals surface area contributed by atoms with Crippen LogP contribution in [-0.4, -0.2) is 52.0 Å². The minimum Gasteiger partial charge on any atom is -0.383 e. The molecule has 5 heteroatoms. The lowest BCUT2D eigenvalue weighted by atomic mass is 10.1. The van der Waals surface area contributed by atoms with Gasteiger partial charge in [0, 0.05) is 33.7 Å². The van der Waals surface area contributed by atoms with Crippen LogP contribution in [0.4, 0.5) is 0 Å². The standard InChI is InChI=1S/C12H26N2O3/c1-12(2,17-4)6-8-13-7-5-11(15)14-9-10-16-3/h13H,5-10H2,1-4H3,(H,14,15). The van der Waals surface area contributed by atoms with E-state index in [2.05, 4.69) is 10.6 Å². The van der Waals surface area contributed by atoms with Gasteiger partial charge in [-0.3, -0.25) is 4.79 Å². The van der Waals surface area contributed by atoms with Gasteiger partial charge in [-0.25, -0.2) is 0 Å². The molecule has 0 bridgehead atoms. The van der Waals surface area contributed by atoms with E-state index in [-0.39, 0.29) is 11.5 Å². The maximum Gasteiger partial charge on any atom is 0.221 e. The van der Waals surface area contributed by atoms with E-state index in [4.69, 9.17) is 9.47 Å². The van der Waals surface area contributed by atoms with E-state index in [1.54, 1.807) is 14.2 Å². The van der Waals surface area contributed by atoms with Crippen molar-refractivity contribution in [2.75, 3.05) is 40.5 Å². The fourth-order valence-corrected chi connectivity index (χ4v) is 1.20. The molecule has 0 atom stereocenters. The Bertz CT molecular complexity index is 208. The highest BCUT2D eigenvalue weighted by molar-refractivity contribution is 5.75. The van der Waals surface area contributed by atoms with Gasteiger partial charge < -0.3 is 20.1 Å². The highest BCUT2D eigenvalue weighted by Crippen LogP contribution is 2.11. The Hall–Kier alpha value is -0.650. The van der Waals surface area contributed by atoms with Crippen molar-refractivity contribution in [1.82, 2.24) is 10.6 Å². The summed E-state index contributed by atoms with van der Waals surface area (Å²) in [6, 6.07) is 0. The third kappa shape index (κ3) is 10.2. The van der Waals surface area contributed by atoms with Gasteiger partial charge in [-0.1, -0.05) is 0 Å². The summed E-state index contributed by atoms with van der Waals surface area (Å²) in [6.07, 6.45) is 1.42. The van der Waals surface area contributed by atoms with E-state index in [1.165, 1.54) is 0 Å². The molecule has 102 valence electrons. The van der Waals surface area contributed by atoms with Crippen LogP contribution in [0.2, 0.25) is 0 Å². The van der Waals surface area contributed by atoms with Crippen molar-refractivity contribution in [1.29, 1.82) is 0 Å². The second kappa shape index (κ2) is 9.39. The largest absolute Gasteiger partial charge is 0.383 e. The fraction of sp³-hybridized carbons (Fsp3) is 0.917. The number of carbonyl (C=O) groups excluding carboxylic acids is 1. The van der Waals surface area contributed by atoms with Gasteiger partial charge in [-0.2, -0.15) is 0 Å². The number of carbonyl (C=O) groups is 1. The number of rotatable bonds is 10. The molecule has 0 saturated carbocycles. The molecule has 0 aliphatic rings. The van der Waals surface area contributed by atoms with Crippen LogP contribution in [0.5, 0.6) is 0 Å². The Labute approximate surface area is 104 Å². The van der Waals surface area contributed by atoms with Gasteiger partial charge in [0.15, 0.2) is 0 Å². The normalized spacial score (nSPS) is 11.5. The fourth-order valence-electron chi connectivity index (χ4n) is 1.20. The van der Waals surface area contributed by atoms with Crippen LogP contribution in [0.15, 0.2) is 0 Å². The monoisotopic (exact) mass is 246 g/mol. The van der Waals surface area contributed by atoms with Crippen LogP contribution in [0, 0.1) is 0 Å². The lowest BCUT2D eigenvalue weighted by Gasteiger charge is -2.22. The van der Waals surface area contributed by atoms with Crippen molar-refractivity contribution in [2.45, 2.75) is 32.3 Å². The molecule has 1 amide bonds. The molecule has 0 aromatic heterocycles. The van der Waals surface area contributed by atoms with E-state index >= 15 is 0 Å². The SMILES string of the molecule is COCCNC(=O)CCNCCC(C)(C)OC. The van der Waals surface area contributed by atoms with E-state index in [1.807, 2.05) is 13.8 Å². The van der Waals surface area contributed by atoms with Crippen LogP contribution >= 0.6 is 0 Å². The van der Waals surface area contributed by atoms with Gasteiger partial charge in [-0.15, -0.1) is 0 Å². The predicted molar refractivity (Wildman–Crippen MR) is 68.1 cm³/mol. The second-order valence-electron chi connectivity index (χ2n) is 4.56. The molecule has 0 aromatic rings. The predicted octanol–water partition coefficient (Wildman–Crippen LogP) is 0.544. The van der Waals surface area contributed by atoms with E-state index in [0.29, 0.717) is 26.1 Å². The molecule has 2 N–H and O–H groups in total. The minimum atomic E-state index is -0.103. The molecule has 0 aliphatic heterocycles. The van der Waals surface area contributed by atoms with E-state index < -0.39 is 0 Å². The number of methoxy groups -OCH3 is 2. The third-order valence-corrected chi connectivity index (χ3v) is 2.61. The molecule has 0 fully saturated rings. The molecule has 5 nitrogen and oxygen atoms in total. The number of hydrogen-bond donors (Lipinski definition) is 2. The average molecular weight is 246 g/mol. The van der Waals surface area contributed by atoms with Gasteiger partial charge in [0.05, 0.1) is 12.2 Å². The van der Waals surface area contributed by atoms with Gasteiger partial charge >= 0.3 is 0 Å². The third-order valence-electron chi connectivity index (χ3n) is 2.61. The molecule has 17 heavy (non-hydrogen) atoms. The van der Waals surface area contributed by atoms with Gasteiger partial charge in [-0.05, 0) is 26.8 Å². The Morgan fingerprint density at radius 1 is 1.18 bits per heavy atom. The summed E-state index contributed by atoms with van der Waals surface area (Å²) in [7, 11) is 3.33. The summed E-state index contributed by atoms with van der Waals surface area (Å²) in [5.74, 6) is 0.0561. The average Bonchev–Trinajstić information content (AvgIpc) is 2.29. The second-order valence-corrected chi connectivity index (χ2v) is 4.56. The highest BCUT2D eigenvalue weighted by Gasteiger charge is 2.14. The van der Waals surface area contributed by atoms with Crippen LogP contribution in [-0.2, 0) is 14.3 Å². The molecule has 0 unspecified atom stereocenters. The summed E-state index contributed by atoms with van der Waals surface area (Å²) >= 11 is 0. The Morgan fingerprint density at radius 3 is 2.47 bits per heavy atom. The van der Waals surface area contributed by atoms with Crippen molar-refractivity contribution < 1.29 is 14.3 Å². The van der Waals surface area contributed by atoms with Gasteiger partial charge in [0.1, 0.15) is 0 Å². The molecule has 0 aliphatic carbocycles. The molecule has 0 radical (unpaired) electrons. The van der Waals surface area contributed by atoms with Crippen LogP contribution in [0.25, 0.3) is 0 Å². The van der Waals surface area contributed by atoms with Crippen molar-refractivity contribution >= 4 is 5.91 Å². The molecule has 0 saturated heterocycles. The molecule has 0 spiro atoms. The summed E-state index contributed by atoms with van der Waals surface area (Å²) < 4.78 is 10.1. The van der Waals surface area contributed by atoms with Crippen molar-refractivity contribution in [3.8, 4) is 0 Å². The first-order valence-corrected chi connectivity index (χ1v) is 6.03. The first-order chi connectivity index (χ1) is 8.02. The molecular weight excluding hydrogens is 220 g/mol. The Kier molecular flexibility index (Phi) is 9.03. The van der Waals surface area contributed by atoms with Crippen molar-refractivity contribution in [2.24, 2.45) is 0 Å². The van der Waals surface area contributed by atoms with Crippen molar-refractivity contribution in [3.63, 3.8) is 0 Å². The topological polar surface area (TPSA) is 59.6 Å². The van der Waals surface area contributed by atoms with Gasteiger partial charge in [0.2, 0.25) is 5.91 Å². The number of ether oxygens (including phenoxy) is 2. The zero-order chi connectivity index (χ0) is 13.1. The quantitative estimate of drug-likeness (QED) is 0.553. The number of amides is 1. The Morgan fingerprint density at radius 2 is 1.88 bits per heavy atom. The summed E-state index contributed by atoms with van der Waals surface area (Å²) in [6.45, 7) is 6.77. The van der Waals surface area contributed by atoms with Crippen molar-refractivity contribution in [3.05, 3.63) is 0 Å². The summed E-state index contributed by atoms with van der Waals surface area (Å²) in [4.78, 5) is 11.3. The summed E-state index contributed by atoms with van der Waals surface area (Å²) in [5.41, 5.74) is -0.103. The first kappa shape index (κ1) is 16.4. The molecule has 0 heterocycles. The van der Waals surface area contributed by atoms with E-state index in [0.717, 1.165) is 13.0 Å². The summed E-state index contributed by atoms with van der Waals surface area (Å²) in [5, 5.41) is 6.00. The molecular formula is C12H26N2O3. The first-order valence-electron chi connectivity index (χ1n) is 6.03. The van der Waals surface area contributed by atoms with Gasteiger partial charge in [0.25, 0.3) is 0 Å². The van der Waals surface area contributed by atoms with Crippen LogP contribution in [0.1, 0.15) is 26.7 Å². The zero-order valence-electron chi connectivity index (χ0n) is 11.5. The lowest BCUT2D eigenvalue weighted by Crippen LogP contribution is -2.32. The highest BCUT2D eigenvalue weighted by atomic mass is 16.5. The smallest absolute Gasteiger partial charge is 0.221 e. The van der Waals surface area contributed by atoms with Crippen LogP contribution < -0.4 is 10.6 Å². The number of nitrogens with one attached hydrogen (secondary N) is 2. The lowest BCUT2D eigenvalue weighted by molar-refractivity contribution is -0.121. The van der Waals surface area contributed by atoms with E-state index in [9.17, 15) is 4.79 Å². The maximum absolute atomic E-state index is 11.3. The maximum atomic E-state index is 11.3. The Balaban J connectivity index is 3.36. The zero-order valence-corrected chi connectivity index (χ0v) is 11.5. The van der Waals surface area contributed by atoms with Crippen LogP contribution in [0.3, 0.4) is 0 Å². The number of hydrogen-bond acceptors (Lipinski definition) is 4. The molecule has 0 rings (SSSR count).